The third-order valence-corrected chi connectivity index (χ3v) is 2.44. The van der Waals surface area contributed by atoms with E-state index < -0.39 is 6.10 Å². The van der Waals surface area contributed by atoms with Gasteiger partial charge in [0.25, 0.3) is 0 Å². The van der Waals surface area contributed by atoms with Crippen LogP contribution in [0.25, 0.3) is 11.4 Å². The molecule has 0 fully saturated rings. The molecule has 0 aliphatic heterocycles. The van der Waals surface area contributed by atoms with Gasteiger partial charge in [0, 0.05) is 17.1 Å². The number of aliphatic hydroxyl groups is 2. The molecular weight excluding hydrogens is 258 g/mol. The Bertz CT molecular complexity index is 518. The van der Waals surface area contributed by atoms with E-state index in [4.69, 9.17) is 26.3 Å². The SMILES string of the molecule is OC[C@@H](O)CNc1nc(-c2cccc(Cl)c2)no1. The highest BCUT2D eigenvalue weighted by atomic mass is 35.5. The van der Waals surface area contributed by atoms with E-state index in [1.165, 1.54) is 0 Å². The molecule has 0 radical (unpaired) electrons. The lowest BCUT2D eigenvalue weighted by atomic mass is 10.2. The number of hydrogen-bond donors (Lipinski definition) is 3. The summed E-state index contributed by atoms with van der Waals surface area (Å²) in [5.74, 6) is 0.401. The van der Waals surface area contributed by atoms with E-state index in [0.29, 0.717) is 10.8 Å². The number of nitrogens with zero attached hydrogens (tertiary/aromatic N) is 2. The highest BCUT2D eigenvalue weighted by Gasteiger charge is 2.09. The molecule has 0 saturated heterocycles. The molecule has 0 unspecified atom stereocenters. The first-order valence-corrected chi connectivity index (χ1v) is 5.69. The van der Waals surface area contributed by atoms with Crippen molar-refractivity contribution < 1.29 is 14.7 Å². The van der Waals surface area contributed by atoms with Gasteiger partial charge < -0.3 is 20.1 Å². The lowest BCUT2D eigenvalue weighted by molar-refractivity contribution is 0.104. The van der Waals surface area contributed by atoms with Crippen molar-refractivity contribution in [2.45, 2.75) is 6.10 Å². The average molecular weight is 270 g/mol. The van der Waals surface area contributed by atoms with Gasteiger partial charge >= 0.3 is 6.01 Å². The lowest BCUT2D eigenvalue weighted by Crippen LogP contribution is -2.23. The molecule has 0 aliphatic carbocycles. The Morgan fingerprint density at radius 3 is 3.00 bits per heavy atom. The molecule has 0 bridgehead atoms. The summed E-state index contributed by atoms with van der Waals surface area (Å²) in [5.41, 5.74) is 0.738. The third-order valence-electron chi connectivity index (χ3n) is 2.21. The van der Waals surface area contributed by atoms with Gasteiger partial charge in [-0.1, -0.05) is 28.9 Å². The highest BCUT2D eigenvalue weighted by molar-refractivity contribution is 6.30. The van der Waals surface area contributed by atoms with Crippen LogP contribution < -0.4 is 5.32 Å². The number of benzene rings is 1. The van der Waals surface area contributed by atoms with E-state index in [-0.39, 0.29) is 19.2 Å². The van der Waals surface area contributed by atoms with Gasteiger partial charge in [0.2, 0.25) is 5.82 Å². The number of halogens is 1. The Kier molecular flexibility index (Phi) is 4.14. The van der Waals surface area contributed by atoms with Crippen molar-refractivity contribution >= 4 is 17.6 Å². The van der Waals surface area contributed by atoms with Crippen LogP contribution in [0.15, 0.2) is 28.8 Å². The van der Waals surface area contributed by atoms with E-state index in [9.17, 15) is 0 Å². The van der Waals surface area contributed by atoms with Gasteiger partial charge in [-0.05, 0) is 12.1 Å². The predicted octanol–water partition coefficient (Wildman–Crippen LogP) is 1.16. The van der Waals surface area contributed by atoms with Crippen molar-refractivity contribution in [2.75, 3.05) is 18.5 Å². The molecule has 7 heteroatoms. The first-order valence-electron chi connectivity index (χ1n) is 5.31. The first-order chi connectivity index (χ1) is 8.69. The molecule has 0 aliphatic rings. The summed E-state index contributed by atoms with van der Waals surface area (Å²) in [4.78, 5) is 4.09. The molecule has 0 saturated carbocycles. The van der Waals surface area contributed by atoms with Gasteiger partial charge in [-0.2, -0.15) is 4.98 Å². The van der Waals surface area contributed by atoms with Crippen molar-refractivity contribution in [3.8, 4) is 11.4 Å². The summed E-state index contributed by atoms with van der Waals surface area (Å²) in [6.07, 6.45) is -0.869. The van der Waals surface area contributed by atoms with Crippen LogP contribution >= 0.6 is 11.6 Å². The first kappa shape index (κ1) is 12.8. The van der Waals surface area contributed by atoms with Crippen LogP contribution in [-0.4, -0.2) is 39.6 Å². The molecule has 1 aromatic heterocycles. The fourth-order valence-electron chi connectivity index (χ4n) is 1.31. The van der Waals surface area contributed by atoms with E-state index >= 15 is 0 Å². The fourth-order valence-corrected chi connectivity index (χ4v) is 1.50. The van der Waals surface area contributed by atoms with Crippen molar-refractivity contribution in [2.24, 2.45) is 0 Å². The van der Waals surface area contributed by atoms with Crippen molar-refractivity contribution in [1.82, 2.24) is 10.1 Å². The number of aromatic nitrogens is 2. The molecule has 1 atom stereocenters. The van der Waals surface area contributed by atoms with Crippen LogP contribution in [0.5, 0.6) is 0 Å². The smallest absolute Gasteiger partial charge is 0.321 e. The summed E-state index contributed by atoms with van der Waals surface area (Å²) < 4.78 is 4.95. The quantitative estimate of drug-likeness (QED) is 0.754. The molecule has 1 aromatic carbocycles. The number of aliphatic hydroxyl groups excluding tert-OH is 2. The minimum absolute atomic E-state index is 0.133. The second-order valence-corrected chi connectivity index (χ2v) is 4.09. The van der Waals surface area contributed by atoms with Crippen molar-refractivity contribution in [3.05, 3.63) is 29.3 Å². The van der Waals surface area contributed by atoms with Gasteiger partial charge in [-0.15, -0.1) is 0 Å². The fraction of sp³-hybridized carbons (Fsp3) is 0.273. The number of hydrogen-bond acceptors (Lipinski definition) is 6. The lowest BCUT2D eigenvalue weighted by Gasteiger charge is -2.05. The van der Waals surface area contributed by atoms with Crippen LogP contribution in [0.4, 0.5) is 6.01 Å². The summed E-state index contributed by atoms with van der Waals surface area (Å²) in [6.45, 7) is -0.198. The van der Waals surface area contributed by atoms with Crippen LogP contribution in [0.1, 0.15) is 0 Å². The molecule has 96 valence electrons. The molecule has 2 rings (SSSR count). The van der Waals surface area contributed by atoms with Crippen molar-refractivity contribution in [3.63, 3.8) is 0 Å². The monoisotopic (exact) mass is 269 g/mol. The van der Waals surface area contributed by atoms with Crippen LogP contribution in [0.2, 0.25) is 5.02 Å². The molecule has 1 heterocycles. The van der Waals surface area contributed by atoms with Gasteiger partial charge in [0.05, 0.1) is 12.7 Å². The zero-order valence-corrected chi connectivity index (χ0v) is 10.1. The van der Waals surface area contributed by atoms with Crippen LogP contribution in [0, 0.1) is 0 Å². The van der Waals surface area contributed by atoms with E-state index in [1.807, 2.05) is 6.07 Å². The Morgan fingerprint density at radius 1 is 1.44 bits per heavy atom. The summed E-state index contributed by atoms with van der Waals surface area (Å²) >= 11 is 5.86. The maximum atomic E-state index is 9.16. The Hall–Kier alpha value is -1.63. The van der Waals surface area contributed by atoms with Crippen LogP contribution in [-0.2, 0) is 0 Å². The van der Waals surface area contributed by atoms with Gasteiger partial charge in [0.1, 0.15) is 0 Å². The standard InChI is InChI=1S/C11H12ClN3O3/c12-8-3-1-2-7(4-8)10-14-11(18-15-10)13-5-9(17)6-16/h1-4,9,16-17H,5-6H2,(H,13,14,15)/t9-/m0/s1. The van der Waals surface area contributed by atoms with E-state index in [2.05, 4.69) is 15.5 Å². The minimum Gasteiger partial charge on any atom is -0.394 e. The van der Waals surface area contributed by atoms with Gasteiger partial charge in [0.15, 0.2) is 0 Å². The molecule has 3 N–H and O–H groups in total. The number of nitrogens with one attached hydrogen (secondary N) is 1. The third kappa shape index (κ3) is 3.19. The maximum absolute atomic E-state index is 9.16. The van der Waals surface area contributed by atoms with E-state index in [0.717, 1.165) is 5.56 Å². The zero-order chi connectivity index (χ0) is 13.0. The normalized spacial score (nSPS) is 12.4. The van der Waals surface area contributed by atoms with Gasteiger partial charge in [-0.3, -0.25) is 0 Å². The van der Waals surface area contributed by atoms with Crippen molar-refractivity contribution in [1.29, 1.82) is 0 Å². The molecule has 2 aromatic rings. The van der Waals surface area contributed by atoms with Crippen LogP contribution in [0.3, 0.4) is 0 Å². The predicted molar refractivity (Wildman–Crippen MR) is 66.3 cm³/mol. The largest absolute Gasteiger partial charge is 0.394 e. The minimum atomic E-state index is -0.869. The maximum Gasteiger partial charge on any atom is 0.321 e. The van der Waals surface area contributed by atoms with E-state index in [1.54, 1.807) is 18.2 Å². The summed E-state index contributed by atoms with van der Waals surface area (Å²) in [7, 11) is 0. The second kappa shape index (κ2) is 5.81. The molecule has 18 heavy (non-hydrogen) atoms. The topological polar surface area (TPSA) is 91.4 Å². The summed E-state index contributed by atoms with van der Waals surface area (Å²) in [6, 6.07) is 7.25. The zero-order valence-electron chi connectivity index (χ0n) is 9.38. The Labute approximate surface area is 108 Å². The van der Waals surface area contributed by atoms with Gasteiger partial charge in [-0.25, -0.2) is 0 Å². The molecule has 0 amide bonds. The number of anilines is 1. The molecular formula is C11H12ClN3O3. The molecule has 6 nitrogen and oxygen atoms in total. The Morgan fingerprint density at radius 2 is 2.28 bits per heavy atom. The average Bonchev–Trinajstić information content (AvgIpc) is 2.84. The second-order valence-electron chi connectivity index (χ2n) is 3.65. The Balaban J connectivity index is 2.06. The summed E-state index contributed by atoms with van der Waals surface area (Å²) in [5, 5.41) is 24.9. The number of rotatable bonds is 5. The highest BCUT2D eigenvalue weighted by Crippen LogP contribution is 2.20. The molecule has 0 spiro atoms.